The third-order valence-corrected chi connectivity index (χ3v) is 9.24. The van der Waals surface area contributed by atoms with Crippen LogP contribution in [-0.4, -0.2) is 44.8 Å². The molecule has 1 atom stereocenters. The van der Waals surface area contributed by atoms with Gasteiger partial charge in [0.2, 0.25) is 11.8 Å². The Morgan fingerprint density at radius 2 is 1.60 bits per heavy atom. The highest BCUT2D eigenvalue weighted by molar-refractivity contribution is 7.93. The average Bonchev–Trinajstić information content (AvgIpc) is 3.18. The largest absolute Gasteiger partial charge is 0.357 e. The molecule has 0 saturated heterocycles. The van der Waals surface area contributed by atoms with E-state index in [0.29, 0.717) is 23.4 Å². The molecule has 2 amide bonds. The monoisotopic (exact) mass is 555 g/mol. The molecule has 0 bridgehead atoms. The van der Waals surface area contributed by atoms with Crippen LogP contribution in [0.4, 0.5) is 5.69 Å². The number of benzene rings is 4. The fourth-order valence-electron chi connectivity index (χ4n) is 5.44. The molecule has 5 rings (SSSR count). The zero-order valence-corrected chi connectivity index (χ0v) is 23.5. The summed E-state index contributed by atoms with van der Waals surface area (Å²) in [6, 6.07) is 27.7. The minimum Gasteiger partial charge on any atom is -0.357 e. The number of rotatable bonds is 10. The molecule has 1 aliphatic rings. The van der Waals surface area contributed by atoms with Crippen LogP contribution in [0.25, 0.3) is 10.8 Å². The van der Waals surface area contributed by atoms with E-state index < -0.39 is 16.1 Å². The minimum absolute atomic E-state index is 0.104. The first-order chi connectivity index (χ1) is 19.3. The van der Waals surface area contributed by atoms with Crippen LogP contribution in [-0.2, 0) is 32.6 Å². The number of hydrogen-bond donors (Lipinski definition) is 1. The number of anilines is 1. The van der Waals surface area contributed by atoms with E-state index in [9.17, 15) is 18.0 Å². The maximum absolute atomic E-state index is 13.8. The van der Waals surface area contributed by atoms with Crippen LogP contribution < -0.4 is 9.62 Å². The fourth-order valence-corrected chi connectivity index (χ4v) is 7.19. The van der Waals surface area contributed by atoms with Crippen molar-refractivity contribution in [2.24, 2.45) is 0 Å². The number of carbonyl (C=O) groups excluding carboxylic acids is 2. The Morgan fingerprint density at radius 1 is 0.900 bits per heavy atom. The molecular formula is C32H33N3O4S. The molecule has 40 heavy (non-hydrogen) atoms. The van der Waals surface area contributed by atoms with Gasteiger partial charge in [0.1, 0.15) is 6.04 Å². The number of likely N-dealkylation sites (N-methyl/N-ethyl adjacent to an activating group) is 1. The van der Waals surface area contributed by atoms with E-state index in [1.165, 1.54) is 4.31 Å². The van der Waals surface area contributed by atoms with Crippen LogP contribution in [0.15, 0.2) is 95.9 Å². The van der Waals surface area contributed by atoms with E-state index in [-0.39, 0.29) is 31.3 Å². The number of sulfonamides is 1. The highest BCUT2D eigenvalue weighted by Crippen LogP contribution is 2.42. The summed E-state index contributed by atoms with van der Waals surface area (Å²) in [6.07, 6.45) is 0.793. The van der Waals surface area contributed by atoms with Crippen LogP contribution in [0.3, 0.4) is 0 Å². The molecular weight excluding hydrogens is 522 g/mol. The van der Waals surface area contributed by atoms with Crippen molar-refractivity contribution in [2.75, 3.05) is 17.9 Å². The van der Waals surface area contributed by atoms with Gasteiger partial charge in [-0.05, 0) is 42.0 Å². The lowest BCUT2D eigenvalue weighted by molar-refractivity contribution is -0.141. The van der Waals surface area contributed by atoms with Gasteiger partial charge in [-0.1, -0.05) is 84.4 Å². The van der Waals surface area contributed by atoms with Gasteiger partial charge in [-0.3, -0.25) is 13.9 Å². The molecule has 8 heteroatoms. The van der Waals surface area contributed by atoms with Crippen molar-refractivity contribution in [3.63, 3.8) is 0 Å². The summed E-state index contributed by atoms with van der Waals surface area (Å²) in [5.74, 6) is -0.438. The van der Waals surface area contributed by atoms with Gasteiger partial charge in [0.05, 0.1) is 10.6 Å². The maximum Gasteiger partial charge on any atom is 0.265 e. The summed E-state index contributed by atoms with van der Waals surface area (Å²) in [7, 11) is -2.12. The van der Waals surface area contributed by atoms with E-state index >= 15 is 0 Å². The molecule has 0 unspecified atom stereocenters. The van der Waals surface area contributed by atoms with Gasteiger partial charge in [-0.25, -0.2) is 8.42 Å². The summed E-state index contributed by atoms with van der Waals surface area (Å²) in [6.45, 7) is 2.44. The molecule has 0 saturated carbocycles. The molecule has 0 aliphatic carbocycles. The van der Waals surface area contributed by atoms with Gasteiger partial charge in [-0.15, -0.1) is 0 Å². The lowest BCUT2D eigenvalue weighted by Gasteiger charge is -2.31. The van der Waals surface area contributed by atoms with Gasteiger partial charge in [0.15, 0.2) is 0 Å². The van der Waals surface area contributed by atoms with Gasteiger partial charge in [-0.2, -0.15) is 0 Å². The van der Waals surface area contributed by atoms with Gasteiger partial charge in [0.25, 0.3) is 10.0 Å². The standard InChI is InChI=1S/C32H33N3O4S/c1-23-10-6-13-25(20-23)22-34(28(32(37)33-2)21-24-11-4-3-5-12-24)30(36)18-9-19-35-27-16-7-14-26-15-8-17-29(31(26)27)40(35,38)39/h3-8,10-17,20,28H,9,18-19,21-22H2,1-2H3,(H,33,37)/t28-/m0/s1. The first-order valence-corrected chi connectivity index (χ1v) is 14.9. The summed E-state index contributed by atoms with van der Waals surface area (Å²) in [5.41, 5.74) is 3.59. The van der Waals surface area contributed by atoms with Crippen LogP contribution in [0.5, 0.6) is 0 Å². The molecule has 0 radical (unpaired) electrons. The third kappa shape index (κ3) is 5.45. The Bertz CT molecular complexity index is 1650. The predicted octanol–water partition coefficient (Wildman–Crippen LogP) is 4.82. The minimum atomic E-state index is -3.70. The van der Waals surface area contributed by atoms with Crippen molar-refractivity contribution < 1.29 is 18.0 Å². The molecule has 1 heterocycles. The normalized spacial score (nSPS) is 14.2. The lowest BCUT2D eigenvalue weighted by Crippen LogP contribution is -2.49. The highest BCUT2D eigenvalue weighted by Gasteiger charge is 2.35. The molecule has 4 aromatic carbocycles. The SMILES string of the molecule is CNC(=O)[C@H](Cc1ccccc1)N(Cc1cccc(C)c1)C(=O)CCCN1c2cccc3cccc(c23)S1(=O)=O. The zero-order valence-electron chi connectivity index (χ0n) is 22.7. The number of carbonyl (C=O) groups is 2. The quantitative estimate of drug-likeness (QED) is 0.304. The van der Waals surface area contributed by atoms with Crippen LogP contribution in [0.1, 0.15) is 29.5 Å². The molecule has 0 fully saturated rings. The van der Waals surface area contributed by atoms with Crippen molar-refractivity contribution in [2.45, 2.75) is 43.7 Å². The third-order valence-electron chi connectivity index (χ3n) is 7.39. The van der Waals surface area contributed by atoms with E-state index in [1.807, 2.05) is 85.8 Å². The van der Waals surface area contributed by atoms with E-state index in [4.69, 9.17) is 0 Å². The molecule has 1 aliphatic heterocycles. The van der Waals surface area contributed by atoms with E-state index in [0.717, 1.165) is 27.5 Å². The molecule has 4 aromatic rings. The summed E-state index contributed by atoms with van der Waals surface area (Å²) in [4.78, 5) is 28.9. The highest BCUT2D eigenvalue weighted by atomic mass is 32.2. The van der Waals surface area contributed by atoms with Crippen LogP contribution >= 0.6 is 0 Å². The Hall–Kier alpha value is -4.17. The topological polar surface area (TPSA) is 86.8 Å². The van der Waals surface area contributed by atoms with Crippen molar-refractivity contribution in [3.05, 3.63) is 108 Å². The Labute approximate surface area is 235 Å². The number of amides is 2. The van der Waals surface area contributed by atoms with Crippen molar-refractivity contribution in [1.29, 1.82) is 0 Å². The fraction of sp³-hybridized carbons (Fsp3) is 0.250. The lowest BCUT2D eigenvalue weighted by atomic mass is 10.0. The number of nitrogens with zero attached hydrogens (tertiary/aromatic N) is 2. The zero-order chi connectivity index (χ0) is 28.3. The van der Waals surface area contributed by atoms with E-state index in [2.05, 4.69) is 5.32 Å². The van der Waals surface area contributed by atoms with E-state index in [1.54, 1.807) is 24.1 Å². The second kappa shape index (κ2) is 11.5. The maximum atomic E-state index is 13.8. The van der Waals surface area contributed by atoms with Crippen molar-refractivity contribution in [3.8, 4) is 0 Å². The average molecular weight is 556 g/mol. The van der Waals surface area contributed by atoms with Gasteiger partial charge in [0, 0.05) is 38.4 Å². The van der Waals surface area contributed by atoms with Gasteiger partial charge < -0.3 is 10.2 Å². The molecule has 1 N–H and O–H groups in total. The Balaban J connectivity index is 1.38. The molecule has 0 aromatic heterocycles. The van der Waals surface area contributed by atoms with Crippen molar-refractivity contribution in [1.82, 2.24) is 10.2 Å². The molecule has 206 valence electrons. The second-order valence-electron chi connectivity index (χ2n) is 10.1. The van der Waals surface area contributed by atoms with Crippen LogP contribution in [0.2, 0.25) is 0 Å². The first kappa shape index (κ1) is 27.4. The van der Waals surface area contributed by atoms with Gasteiger partial charge >= 0.3 is 0 Å². The smallest absolute Gasteiger partial charge is 0.265 e. The number of hydrogen-bond acceptors (Lipinski definition) is 4. The number of nitrogens with one attached hydrogen (secondary N) is 1. The first-order valence-electron chi connectivity index (χ1n) is 13.4. The van der Waals surface area contributed by atoms with Crippen molar-refractivity contribution >= 4 is 38.3 Å². The summed E-state index contributed by atoms with van der Waals surface area (Å²) < 4.78 is 28.1. The second-order valence-corrected chi connectivity index (χ2v) is 12.0. The number of aryl methyl sites for hydroxylation is 1. The molecule has 0 spiro atoms. The molecule has 7 nitrogen and oxygen atoms in total. The predicted molar refractivity (Wildman–Crippen MR) is 157 cm³/mol. The summed E-state index contributed by atoms with van der Waals surface area (Å²) in [5, 5.41) is 4.32. The Kier molecular flexibility index (Phi) is 7.89. The van der Waals surface area contributed by atoms with Crippen LogP contribution in [0, 0.1) is 6.92 Å². The Morgan fingerprint density at radius 3 is 2.33 bits per heavy atom. The summed E-state index contributed by atoms with van der Waals surface area (Å²) >= 11 is 0.